The Morgan fingerprint density at radius 2 is 1.30 bits per heavy atom. The van der Waals surface area contributed by atoms with Gasteiger partial charge in [0.05, 0.1) is 23.3 Å². The Kier molecular flexibility index (Phi) is 13.9. The number of ether oxygens (including phenoxy) is 4. The van der Waals surface area contributed by atoms with Crippen molar-refractivity contribution in [1.82, 2.24) is 0 Å². The minimum atomic E-state index is -0.754. The lowest BCUT2D eigenvalue weighted by molar-refractivity contribution is -0.272. The third kappa shape index (κ3) is 10.9. The van der Waals surface area contributed by atoms with E-state index < -0.39 is 36.5 Å². The standard InChI is InChI=1S/C33H44O7/c1-25(18-12-8-6-4-3-5-7-9-17-23-34)37-33-30(40-32(36)28-21-15-11-16-22-28)24-29(26(2)38-33)39-31(35)27-19-13-10-14-20-27/h10-11,13-16,19-23,25-26,29-30,33H,3-9,12,17-18,24H2,1-2H3/t25-,26?,29-,30+,33-/m1/s1. The molecule has 0 N–H and O–H groups in total. The first-order valence-corrected chi connectivity index (χ1v) is 14.7. The molecule has 0 aliphatic carbocycles. The number of rotatable bonds is 17. The van der Waals surface area contributed by atoms with Crippen molar-refractivity contribution in [2.24, 2.45) is 0 Å². The van der Waals surface area contributed by atoms with Gasteiger partial charge in [0.2, 0.25) is 0 Å². The Balaban J connectivity index is 1.51. The SMILES string of the molecule is CC1O[C@@H](O[C@H](C)CCCCCCCCCCC=O)[C@@H](OC(=O)c2ccccc2)C[C@H]1OC(=O)c1ccccc1. The van der Waals surface area contributed by atoms with Crippen molar-refractivity contribution < 1.29 is 33.3 Å². The van der Waals surface area contributed by atoms with E-state index in [4.69, 9.17) is 18.9 Å². The zero-order valence-corrected chi connectivity index (χ0v) is 23.9. The molecule has 1 aliphatic heterocycles. The number of carbonyl (C=O) groups excluding carboxylic acids is 3. The summed E-state index contributed by atoms with van der Waals surface area (Å²) in [6, 6.07) is 17.6. The Morgan fingerprint density at radius 1 is 0.800 bits per heavy atom. The minimum absolute atomic E-state index is 0.0816. The van der Waals surface area contributed by atoms with Crippen molar-refractivity contribution in [3.63, 3.8) is 0 Å². The number of hydrogen-bond donors (Lipinski definition) is 0. The normalized spacial score (nSPS) is 21.4. The molecule has 7 nitrogen and oxygen atoms in total. The van der Waals surface area contributed by atoms with Gasteiger partial charge >= 0.3 is 11.9 Å². The Bertz CT molecular complexity index is 1010. The van der Waals surface area contributed by atoms with E-state index in [0.717, 1.165) is 38.4 Å². The summed E-state index contributed by atoms with van der Waals surface area (Å²) >= 11 is 0. The Labute approximate surface area is 238 Å². The van der Waals surface area contributed by atoms with Crippen LogP contribution in [-0.2, 0) is 23.7 Å². The van der Waals surface area contributed by atoms with Gasteiger partial charge < -0.3 is 23.7 Å². The Hall–Kier alpha value is -3.03. The highest BCUT2D eigenvalue weighted by Crippen LogP contribution is 2.29. The molecule has 1 aliphatic rings. The highest BCUT2D eigenvalue weighted by molar-refractivity contribution is 5.90. The van der Waals surface area contributed by atoms with Gasteiger partial charge in [0.1, 0.15) is 12.4 Å². The second kappa shape index (κ2) is 17.6. The van der Waals surface area contributed by atoms with Gasteiger partial charge in [-0.15, -0.1) is 0 Å². The van der Waals surface area contributed by atoms with E-state index in [-0.39, 0.29) is 12.5 Å². The van der Waals surface area contributed by atoms with Crippen LogP contribution in [0.15, 0.2) is 60.7 Å². The molecule has 5 atom stereocenters. The van der Waals surface area contributed by atoms with Crippen LogP contribution < -0.4 is 0 Å². The molecule has 0 radical (unpaired) electrons. The first-order chi connectivity index (χ1) is 19.5. The minimum Gasteiger partial charge on any atom is -0.456 e. The maximum Gasteiger partial charge on any atom is 0.338 e. The van der Waals surface area contributed by atoms with Crippen LogP contribution >= 0.6 is 0 Å². The molecule has 0 spiro atoms. The van der Waals surface area contributed by atoms with Gasteiger partial charge in [-0.1, -0.05) is 81.3 Å². The first kappa shape index (κ1) is 31.5. The quantitative estimate of drug-likeness (QED) is 0.118. The summed E-state index contributed by atoms with van der Waals surface area (Å²) in [7, 11) is 0. The Morgan fingerprint density at radius 3 is 1.85 bits per heavy atom. The topological polar surface area (TPSA) is 88.1 Å². The molecule has 0 aromatic heterocycles. The number of unbranched alkanes of at least 4 members (excludes halogenated alkanes) is 8. The molecule has 0 bridgehead atoms. The van der Waals surface area contributed by atoms with Gasteiger partial charge in [-0.05, 0) is 51.0 Å². The molecule has 1 fully saturated rings. The smallest absolute Gasteiger partial charge is 0.338 e. The molecule has 0 saturated carbocycles. The van der Waals surface area contributed by atoms with E-state index in [1.165, 1.54) is 25.7 Å². The predicted molar refractivity (Wildman–Crippen MR) is 153 cm³/mol. The predicted octanol–water partition coefficient (Wildman–Crippen LogP) is 7.08. The molecule has 2 aromatic carbocycles. The fourth-order valence-electron chi connectivity index (χ4n) is 4.86. The van der Waals surface area contributed by atoms with Gasteiger partial charge in [-0.3, -0.25) is 0 Å². The summed E-state index contributed by atoms with van der Waals surface area (Å²) in [5.41, 5.74) is 0.895. The number of hydrogen-bond acceptors (Lipinski definition) is 7. The van der Waals surface area contributed by atoms with E-state index in [1.807, 2.05) is 26.0 Å². The molecular weight excluding hydrogens is 508 g/mol. The maximum absolute atomic E-state index is 12.9. The number of benzene rings is 2. The zero-order chi connectivity index (χ0) is 28.6. The molecular formula is C33H44O7. The van der Waals surface area contributed by atoms with E-state index in [0.29, 0.717) is 17.5 Å². The fraction of sp³-hybridized carbons (Fsp3) is 0.545. The van der Waals surface area contributed by atoms with Crippen LogP contribution in [0.3, 0.4) is 0 Å². The average molecular weight is 553 g/mol. The van der Waals surface area contributed by atoms with Crippen molar-refractivity contribution in [2.75, 3.05) is 0 Å². The maximum atomic E-state index is 12.9. The van der Waals surface area contributed by atoms with Crippen molar-refractivity contribution >= 4 is 18.2 Å². The zero-order valence-electron chi connectivity index (χ0n) is 23.9. The fourth-order valence-corrected chi connectivity index (χ4v) is 4.86. The van der Waals surface area contributed by atoms with Crippen molar-refractivity contribution in [3.05, 3.63) is 71.8 Å². The van der Waals surface area contributed by atoms with Crippen molar-refractivity contribution in [1.29, 1.82) is 0 Å². The molecule has 1 heterocycles. The summed E-state index contributed by atoms with van der Waals surface area (Å²) in [5.74, 6) is -0.910. The summed E-state index contributed by atoms with van der Waals surface area (Å²) in [6.07, 6.45) is 9.35. The van der Waals surface area contributed by atoms with Crippen LogP contribution in [0.25, 0.3) is 0 Å². The molecule has 218 valence electrons. The van der Waals surface area contributed by atoms with Gasteiger partial charge in [0.25, 0.3) is 0 Å². The number of aldehydes is 1. The first-order valence-electron chi connectivity index (χ1n) is 14.7. The van der Waals surface area contributed by atoms with Gasteiger partial charge in [-0.2, -0.15) is 0 Å². The van der Waals surface area contributed by atoms with Gasteiger partial charge in [0, 0.05) is 12.8 Å². The highest BCUT2D eigenvalue weighted by Gasteiger charge is 2.41. The third-order valence-corrected chi connectivity index (χ3v) is 7.23. The molecule has 3 rings (SSSR count). The lowest BCUT2D eigenvalue weighted by Gasteiger charge is -2.39. The second-order valence-corrected chi connectivity index (χ2v) is 10.6. The lowest BCUT2D eigenvalue weighted by Crippen LogP contribution is -2.51. The van der Waals surface area contributed by atoms with Gasteiger partial charge in [-0.25, -0.2) is 9.59 Å². The summed E-state index contributed by atoms with van der Waals surface area (Å²) in [6.45, 7) is 3.86. The van der Waals surface area contributed by atoms with Crippen LogP contribution in [0.4, 0.5) is 0 Å². The average Bonchev–Trinajstić information content (AvgIpc) is 2.97. The summed E-state index contributed by atoms with van der Waals surface area (Å²) < 4.78 is 24.1. The molecule has 40 heavy (non-hydrogen) atoms. The van der Waals surface area contributed by atoms with Crippen LogP contribution in [0.2, 0.25) is 0 Å². The summed E-state index contributed by atoms with van der Waals surface area (Å²) in [4.78, 5) is 36.0. The lowest BCUT2D eigenvalue weighted by atomic mass is 10.0. The van der Waals surface area contributed by atoms with Crippen LogP contribution in [0.1, 0.15) is 105 Å². The van der Waals surface area contributed by atoms with Crippen molar-refractivity contribution in [2.45, 2.75) is 115 Å². The summed E-state index contributed by atoms with van der Waals surface area (Å²) in [5, 5.41) is 0. The van der Waals surface area contributed by atoms with Gasteiger partial charge in [0.15, 0.2) is 12.4 Å². The molecule has 1 saturated heterocycles. The van der Waals surface area contributed by atoms with Crippen LogP contribution in [0.5, 0.6) is 0 Å². The van der Waals surface area contributed by atoms with Crippen LogP contribution in [0, 0.1) is 0 Å². The molecule has 7 heteroatoms. The second-order valence-electron chi connectivity index (χ2n) is 10.6. The largest absolute Gasteiger partial charge is 0.456 e. The molecule has 2 aromatic rings. The monoisotopic (exact) mass is 552 g/mol. The number of carbonyl (C=O) groups is 3. The van der Waals surface area contributed by atoms with E-state index in [1.54, 1.807) is 48.5 Å². The highest BCUT2D eigenvalue weighted by atomic mass is 16.7. The van der Waals surface area contributed by atoms with E-state index in [9.17, 15) is 14.4 Å². The van der Waals surface area contributed by atoms with Crippen molar-refractivity contribution in [3.8, 4) is 0 Å². The third-order valence-electron chi connectivity index (χ3n) is 7.23. The van der Waals surface area contributed by atoms with Crippen LogP contribution in [-0.4, -0.2) is 48.9 Å². The van der Waals surface area contributed by atoms with E-state index in [2.05, 4.69) is 0 Å². The molecule has 1 unspecified atom stereocenters. The number of esters is 2. The van der Waals surface area contributed by atoms with E-state index >= 15 is 0 Å². The molecule has 0 amide bonds.